The van der Waals surface area contributed by atoms with Crippen molar-refractivity contribution in [2.75, 3.05) is 13.7 Å². The lowest BCUT2D eigenvalue weighted by Crippen LogP contribution is -2.55. The molecule has 0 aliphatic carbocycles. The second kappa shape index (κ2) is 10.2. The average molecular weight is 424 g/mol. The Morgan fingerprint density at radius 1 is 1.27 bits per heavy atom. The van der Waals surface area contributed by atoms with Gasteiger partial charge in [0.2, 0.25) is 0 Å². The maximum atomic E-state index is 13.3. The summed E-state index contributed by atoms with van der Waals surface area (Å²) in [7, 11) is 1.31. The molecule has 2 rings (SSSR count). The Balaban J connectivity index is 2.18. The van der Waals surface area contributed by atoms with Crippen molar-refractivity contribution in [1.29, 1.82) is 0 Å². The number of aliphatic hydroxyl groups excluding tert-OH is 1. The predicted octanol–water partition coefficient (Wildman–Crippen LogP) is 2.74. The van der Waals surface area contributed by atoms with Crippen LogP contribution in [-0.2, 0) is 23.8 Å². The van der Waals surface area contributed by atoms with Crippen LogP contribution in [0.2, 0.25) is 0 Å². The number of carbonyl (C=O) groups excluding carboxylic acids is 3. The summed E-state index contributed by atoms with van der Waals surface area (Å²) >= 11 is 0. The number of allylic oxidation sites excluding steroid dienone is 2. The monoisotopic (exact) mass is 423 g/mol. The number of ketones is 1. The third-order valence-electron chi connectivity index (χ3n) is 5.34. The van der Waals surface area contributed by atoms with Crippen molar-refractivity contribution in [2.45, 2.75) is 77.2 Å². The first-order valence-electron chi connectivity index (χ1n) is 10.4. The summed E-state index contributed by atoms with van der Waals surface area (Å²) < 4.78 is 16.5. The molecule has 0 aromatic carbocycles. The van der Waals surface area contributed by atoms with Gasteiger partial charge in [0, 0.05) is 13.7 Å². The van der Waals surface area contributed by atoms with Crippen LogP contribution in [0.4, 0.5) is 4.79 Å². The van der Waals surface area contributed by atoms with Gasteiger partial charge in [-0.15, -0.1) is 0 Å². The average Bonchev–Trinajstić information content (AvgIpc) is 2.92. The largest absolute Gasteiger partial charge is 0.479 e. The van der Waals surface area contributed by atoms with Gasteiger partial charge >= 0.3 is 6.09 Å². The second-order valence-corrected chi connectivity index (χ2v) is 8.48. The van der Waals surface area contributed by atoms with Crippen LogP contribution in [0, 0.1) is 5.92 Å². The van der Waals surface area contributed by atoms with Crippen LogP contribution in [0.1, 0.15) is 53.4 Å². The summed E-state index contributed by atoms with van der Waals surface area (Å²) in [6.07, 6.45) is 4.77. The van der Waals surface area contributed by atoms with Crippen LogP contribution in [0.15, 0.2) is 24.0 Å². The van der Waals surface area contributed by atoms with Crippen molar-refractivity contribution in [3.8, 4) is 0 Å². The topological polar surface area (TPSA) is 102 Å². The molecule has 30 heavy (non-hydrogen) atoms. The molecule has 8 nitrogen and oxygen atoms in total. The minimum absolute atomic E-state index is 0.0508. The highest BCUT2D eigenvalue weighted by Gasteiger charge is 2.54. The van der Waals surface area contributed by atoms with E-state index in [1.807, 2.05) is 19.9 Å². The van der Waals surface area contributed by atoms with Gasteiger partial charge in [0.1, 0.15) is 11.4 Å². The fraction of sp³-hybridized carbons (Fsp3) is 0.682. The zero-order chi connectivity index (χ0) is 22.5. The number of hydrogen-bond acceptors (Lipinski definition) is 7. The number of methoxy groups -OCH3 is 1. The number of carbonyl (C=O) groups is 3. The molecule has 3 atom stereocenters. The van der Waals surface area contributed by atoms with Crippen LogP contribution < -0.4 is 0 Å². The number of nitrogens with zero attached hydrogens (tertiary/aromatic N) is 1. The van der Waals surface area contributed by atoms with Gasteiger partial charge in [0.15, 0.2) is 18.0 Å². The number of rotatable bonds is 9. The number of cyclic esters (lactones) is 1. The maximum absolute atomic E-state index is 13.3. The zero-order valence-electron chi connectivity index (χ0n) is 18.4. The van der Waals surface area contributed by atoms with Gasteiger partial charge in [0.25, 0.3) is 5.91 Å². The fourth-order valence-corrected chi connectivity index (χ4v) is 4.09. The lowest BCUT2D eigenvalue weighted by Gasteiger charge is -2.34. The zero-order valence-corrected chi connectivity index (χ0v) is 18.4. The molecular formula is C22H33NO7. The van der Waals surface area contributed by atoms with Gasteiger partial charge in [-0.1, -0.05) is 20.3 Å². The molecule has 1 N–H and O–H groups in total. The molecule has 2 amide bonds. The summed E-state index contributed by atoms with van der Waals surface area (Å²) in [6.45, 7) is 7.48. The minimum Gasteiger partial charge on any atom is -0.479 e. The Morgan fingerprint density at radius 3 is 2.57 bits per heavy atom. The Bertz CT molecular complexity index is 710. The molecule has 0 bridgehead atoms. The molecule has 168 valence electrons. The van der Waals surface area contributed by atoms with Gasteiger partial charge < -0.3 is 19.3 Å². The van der Waals surface area contributed by atoms with E-state index in [4.69, 9.17) is 19.3 Å². The van der Waals surface area contributed by atoms with Crippen molar-refractivity contribution in [3.05, 3.63) is 24.0 Å². The molecule has 0 radical (unpaired) electrons. The van der Waals surface area contributed by atoms with Crippen molar-refractivity contribution >= 4 is 17.8 Å². The lowest BCUT2D eigenvalue weighted by molar-refractivity contribution is -0.154. The van der Waals surface area contributed by atoms with E-state index in [0.717, 1.165) is 24.2 Å². The fourth-order valence-electron chi connectivity index (χ4n) is 4.09. The Morgan fingerprint density at radius 2 is 1.97 bits per heavy atom. The summed E-state index contributed by atoms with van der Waals surface area (Å²) in [4.78, 5) is 39.3. The van der Waals surface area contributed by atoms with Crippen LogP contribution in [-0.4, -0.2) is 65.4 Å². The lowest BCUT2D eigenvalue weighted by atomic mass is 9.88. The molecule has 2 aliphatic heterocycles. The first-order chi connectivity index (χ1) is 14.1. The third-order valence-corrected chi connectivity index (χ3v) is 5.34. The molecule has 0 spiro atoms. The van der Waals surface area contributed by atoms with Crippen molar-refractivity contribution < 1.29 is 33.7 Å². The van der Waals surface area contributed by atoms with E-state index in [1.54, 1.807) is 19.9 Å². The van der Waals surface area contributed by atoms with Gasteiger partial charge in [-0.3, -0.25) is 9.59 Å². The second-order valence-electron chi connectivity index (χ2n) is 8.48. The number of hydrogen-bond donors (Lipinski definition) is 1. The van der Waals surface area contributed by atoms with E-state index >= 15 is 0 Å². The molecule has 0 aromatic heterocycles. The highest BCUT2D eigenvalue weighted by Crippen LogP contribution is 2.35. The van der Waals surface area contributed by atoms with E-state index in [9.17, 15) is 14.4 Å². The maximum Gasteiger partial charge on any atom is 0.417 e. The highest BCUT2D eigenvalue weighted by atomic mass is 16.6. The van der Waals surface area contributed by atoms with E-state index in [2.05, 4.69) is 0 Å². The van der Waals surface area contributed by atoms with Crippen molar-refractivity contribution in [2.24, 2.45) is 5.92 Å². The van der Waals surface area contributed by atoms with E-state index < -0.39 is 41.6 Å². The Hall–Kier alpha value is -2.19. The van der Waals surface area contributed by atoms with Gasteiger partial charge in [-0.25, -0.2) is 9.69 Å². The quantitative estimate of drug-likeness (QED) is 0.569. The normalized spacial score (nSPS) is 25.6. The van der Waals surface area contributed by atoms with E-state index in [-0.39, 0.29) is 12.5 Å². The molecule has 1 fully saturated rings. The van der Waals surface area contributed by atoms with Gasteiger partial charge in [0.05, 0.1) is 6.04 Å². The first-order valence-corrected chi connectivity index (χ1v) is 10.4. The van der Waals surface area contributed by atoms with Crippen molar-refractivity contribution in [3.63, 3.8) is 0 Å². The predicted molar refractivity (Wildman–Crippen MR) is 109 cm³/mol. The molecule has 2 heterocycles. The molecule has 0 saturated carbocycles. The molecule has 2 aliphatic rings. The summed E-state index contributed by atoms with van der Waals surface area (Å²) in [5, 5.41) is 8.84. The molecule has 1 saturated heterocycles. The smallest absolute Gasteiger partial charge is 0.417 e. The van der Waals surface area contributed by atoms with Crippen LogP contribution in [0.3, 0.4) is 0 Å². The van der Waals surface area contributed by atoms with Crippen LogP contribution in [0.5, 0.6) is 0 Å². The summed E-state index contributed by atoms with van der Waals surface area (Å²) in [6, 6.07) is -0.495. The Labute approximate surface area is 177 Å². The van der Waals surface area contributed by atoms with E-state index in [0.29, 0.717) is 12.2 Å². The highest BCUT2D eigenvalue weighted by molar-refractivity contribution is 6.03. The van der Waals surface area contributed by atoms with E-state index in [1.165, 1.54) is 13.2 Å². The molecule has 0 unspecified atom stereocenters. The molecule has 0 aromatic rings. The SMILES string of the molecule is CO[C@H](C(=O)N1C(=O)OC(C)(C)[C@@H]1C(C)C)[C@@H]1OC(=CCCCCCO)C=CC1=O. The summed E-state index contributed by atoms with van der Waals surface area (Å²) in [5.74, 6) is -0.628. The van der Waals surface area contributed by atoms with Gasteiger partial charge in [-0.05, 0) is 57.3 Å². The third kappa shape index (κ3) is 5.29. The molecule has 8 heteroatoms. The number of aliphatic hydroxyl groups is 1. The van der Waals surface area contributed by atoms with Crippen molar-refractivity contribution in [1.82, 2.24) is 4.90 Å². The summed E-state index contributed by atoms with van der Waals surface area (Å²) in [5.41, 5.74) is -0.851. The Kier molecular flexibility index (Phi) is 8.20. The van der Waals surface area contributed by atoms with Gasteiger partial charge in [-0.2, -0.15) is 0 Å². The van der Waals surface area contributed by atoms with Crippen LogP contribution in [0.25, 0.3) is 0 Å². The number of ether oxygens (including phenoxy) is 3. The number of imide groups is 1. The molecular weight excluding hydrogens is 390 g/mol. The minimum atomic E-state index is -1.28. The standard InChI is InChI=1S/C22H33NO7/c1-14(2)19-22(3,4)30-21(27)23(19)20(26)18(28-5)17-16(25)12-11-15(29-17)10-8-6-7-9-13-24/h10-12,14,17-19,24H,6-9,13H2,1-5H3/t17-,18+,19+/m1/s1. The number of amides is 2. The number of unbranched alkanes of at least 4 members (excludes halogenated alkanes) is 3. The first kappa shape index (κ1) is 24.1. The van der Waals surface area contributed by atoms with Crippen LogP contribution >= 0.6 is 0 Å².